The first-order valence-corrected chi connectivity index (χ1v) is 5.66. The van der Waals surface area contributed by atoms with Crippen LogP contribution < -0.4 is 11.3 Å². The number of H-pyrrole nitrogens is 1. The minimum Gasteiger partial charge on any atom is -0.350 e. The highest BCUT2D eigenvalue weighted by Crippen LogP contribution is 2.29. The van der Waals surface area contributed by atoms with Gasteiger partial charge in [0.1, 0.15) is 5.69 Å². The van der Waals surface area contributed by atoms with Crippen molar-refractivity contribution in [1.82, 2.24) is 10.4 Å². The molecule has 1 aromatic carbocycles. The molecule has 2 aromatic rings. The van der Waals surface area contributed by atoms with Crippen molar-refractivity contribution in [1.29, 1.82) is 0 Å². The summed E-state index contributed by atoms with van der Waals surface area (Å²) in [6.45, 7) is 0. The molecular weight excluding hydrogens is 210 g/mol. The second-order valence-corrected chi connectivity index (χ2v) is 3.87. The normalized spacial score (nSPS) is 10.5. The number of hydrogen-bond acceptors (Lipinski definition) is 3. The minimum absolute atomic E-state index is 0.296. The van der Waals surface area contributed by atoms with Gasteiger partial charge in [0.05, 0.1) is 0 Å². The maximum Gasteiger partial charge on any atom is 0.282 e. The Kier molecular flexibility index (Phi) is 2.66. The zero-order chi connectivity index (χ0) is 10.8. The quantitative estimate of drug-likeness (QED) is 0.311. The van der Waals surface area contributed by atoms with Crippen molar-refractivity contribution < 1.29 is 4.79 Å². The van der Waals surface area contributed by atoms with Crippen LogP contribution in [-0.2, 0) is 0 Å². The van der Waals surface area contributed by atoms with Gasteiger partial charge in [-0.25, -0.2) is 5.84 Å². The summed E-state index contributed by atoms with van der Waals surface area (Å²) in [7, 11) is 0. The lowest BCUT2D eigenvalue weighted by molar-refractivity contribution is 0.0946. The maximum absolute atomic E-state index is 11.5. The second kappa shape index (κ2) is 3.96. The van der Waals surface area contributed by atoms with E-state index >= 15 is 0 Å². The van der Waals surface area contributed by atoms with Crippen LogP contribution >= 0.6 is 11.8 Å². The van der Waals surface area contributed by atoms with Gasteiger partial charge in [-0.05, 0) is 12.3 Å². The SMILES string of the molecule is CSc1c(C(=O)NN)[nH]c2ccccc12. The van der Waals surface area contributed by atoms with E-state index in [2.05, 4.69) is 10.4 Å². The summed E-state index contributed by atoms with van der Waals surface area (Å²) in [5, 5.41) is 1.05. The second-order valence-electron chi connectivity index (χ2n) is 3.05. The first-order chi connectivity index (χ1) is 7.27. The molecule has 0 radical (unpaired) electrons. The van der Waals surface area contributed by atoms with Crippen molar-refractivity contribution in [3.05, 3.63) is 30.0 Å². The van der Waals surface area contributed by atoms with Gasteiger partial charge < -0.3 is 4.98 Å². The van der Waals surface area contributed by atoms with E-state index in [4.69, 9.17) is 5.84 Å². The third-order valence-corrected chi connectivity index (χ3v) is 3.05. The zero-order valence-corrected chi connectivity index (χ0v) is 9.02. The van der Waals surface area contributed by atoms with Crippen LogP contribution in [-0.4, -0.2) is 17.1 Å². The average molecular weight is 221 g/mol. The Morgan fingerprint density at radius 3 is 2.87 bits per heavy atom. The number of aromatic nitrogens is 1. The van der Waals surface area contributed by atoms with Crippen LogP contribution in [0, 0.1) is 0 Å². The molecule has 0 aliphatic heterocycles. The predicted molar refractivity (Wildman–Crippen MR) is 61.7 cm³/mol. The van der Waals surface area contributed by atoms with Crippen LogP contribution in [0.4, 0.5) is 0 Å². The molecule has 78 valence electrons. The van der Waals surface area contributed by atoms with Crippen molar-refractivity contribution in [2.75, 3.05) is 6.26 Å². The number of hydrogen-bond donors (Lipinski definition) is 3. The van der Waals surface area contributed by atoms with E-state index in [1.807, 2.05) is 30.5 Å². The minimum atomic E-state index is -0.296. The summed E-state index contributed by atoms with van der Waals surface area (Å²) in [4.78, 5) is 15.5. The summed E-state index contributed by atoms with van der Waals surface area (Å²) in [5.74, 6) is 4.82. The molecule has 4 nitrogen and oxygen atoms in total. The molecule has 0 saturated carbocycles. The maximum atomic E-state index is 11.5. The summed E-state index contributed by atoms with van der Waals surface area (Å²) in [5.41, 5.74) is 3.60. The lowest BCUT2D eigenvalue weighted by Crippen LogP contribution is -2.30. The monoisotopic (exact) mass is 221 g/mol. The van der Waals surface area contributed by atoms with E-state index in [0.29, 0.717) is 5.69 Å². The predicted octanol–water partition coefficient (Wildman–Crippen LogP) is 1.49. The van der Waals surface area contributed by atoms with Crippen LogP contribution in [0.25, 0.3) is 10.9 Å². The number of nitrogens with one attached hydrogen (secondary N) is 2. The van der Waals surface area contributed by atoms with Gasteiger partial charge in [0, 0.05) is 15.8 Å². The van der Waals surface area contributed by atoms with Crippen LogP contribution in [0.5, 0.6) is 0 Å². The smallest absolute Gasteiger partial charge is 0.282 e. The standard InChI is InChI=1S/C10H11N3OS/c1-15-9-6-4-2-3-5-7(6)12-8(9)10(14)13-11/h2-5,12H,11H2,1H3,(H,13,14). The number of benzene rings is 1. The lowest BCUT2D eigenvalue weighted by atomic mass is 10.2. The number of hydrazine groups is 1. The highest BCUT2D eigenvalue weighted by Gasteiger charge is 2.15. The Labute approximate surface area is 91.2 Å². The van der Waals surface area contributed by atoms with Gasteiger partial charge >= 0.3 is 0 Å². The van der Waals surface area contributed by atoms with Crippen LogP contribution in [0.2, 0.25) is 0 Å². The van der Waals surface area contributed by atoms with E-state index < -0.39 is 0 Å². The van der Waals surface area contributed by atoms with Gasteiger partial charge in [-0.3, -0.25) is 10.2 Å². The van der Waals surface area contributed by atoms with E-state index in [0.717, 1.165) is 15.8 Å². The fraction of sp³-hybridized carbons (Fsp3) is 0.100. The highest BCUT2D eigenvalue weighted by atomic mass is 32.2. The van der Waals surface area contributed by atoms with Crippen molar-refractivity contribution in [3.8, 4) is 0 Å². The summed E-state index contributed by atoms with van der Waals surface area (Å²) in [6.07, 6.45) is 1.93. The number of aromatic amines is 1. The van der Waals surface area contributed by atoms with Gasteiger partial charge in [0.25, 0.3) is 5.91 Å². The molecule has 4 N–H and O–H groups in total. The molecular formula is C10H11N3OS. The molecule has 0 fully saturated rings. The molecule has 2 rings (SSSR count). The number of nitrogens with two attached hydrogens (primary N) is 1. The fourth-order valence-electron chi connectivity index (χ4n) is 1.56. The third-order valence-electron chi connectivity index (χ3n) is 2.22. The number of amides is 1. The molecule has 15 heavy (non-hydrogen) atoms. The van der Waals surface area contributed by atoms with Crippen molar-refractivity contribution in [3.63, 3.8) is 0 Å². The Bertz CT molecular complexity index is 506. The van der Waals surface area contributed by atoms with Crippen molar-refractivity contribution in [2.45, 2.75) is 4.90 Å². The first kappa shape index (κ1) is 10.1. The van der Waals surface area contributed by atoms with Crippen molar-refractivity contribution in [2.24, 2.45) is 5.84 Å². The Morgan fingerprint density at radius 2 is 2.20 bits per heavy atom. The molecule has 0 spiro atoms. The number of rotatable bonds is 2. The van der Waals surface area contributed by atoms with Gasteiger partial charge in [0.2, 0.25) is 0 Å². The Balaban J connectivity index is 2.69. The van der Waals surface area contributed by atoms with Crippen LogP contribution in [0.1, 0.15) is 10.5 Å². The summed E-state index contributed by atoms with van der Waals surface area (Å²) < 4.78 is 0. The molecule has 0 aliphatic rings. The number of carbonyl (C=O) groups is 1. The highest BCUT2D eigenvalue weighted by molar-refractivity contribution is 7.99. The molecule has 0 aliphatic carbocycles. The zero-order valence-electron chi connectivity index (χ0n) is 8.20. The molecule has 1 aromatic heterocycles. The number of nitrogen functional groups attached to an aromatic ring is 1. The van der Waals surface area contributed by atoms with Gasteiger partial charge in [-0.2, -0.15) is 0 Å². The van der Waals surface area contributed by atoms with E-state index in [9.17, 15) is 4.79 Å². The molecule has 0 bridgehead atoms. The fourth-order valence-corrected chi connectivity index (χ4v) is 2.31. The first-order valence-electron chi connectivity index (χ1n) is 4.43. The number of fused-ring (bicyclic) bond motifs is 1. The Hall–Kier alpha value is -1.46. The molecule has 5 heteroatoms. The lowest BCUT2D eigenvalue weighted by Gasteiger charge is -1.98. The largest absolute Gasteiger partial charge is 0.350 e. The molecule has 0 unspecified atom stereocenters. The molecule has 1 amide bonds. The van der Waals surface area contributed by atoms with Crippen molar-refractivity contribution >= 4 is 28.6 Å². The van der Waals surface area contributed by atoms with E-state index in [1.54, 1.807) is 0 Å². The Morgan fingerprint density at radius 1 is 1.47 bits per heavy atom. The number of thioether (sulfide) groups is 1. The topological polar surface area (TPSA) is 70.9 Å². The van der Waals surface area contributed by atoms with Gasteiger partial charge in [-0.1, -0.05) is 18.2 Å². The van der Waals surface area contributed by atoms with Crippen LogP contribution in [0.3, 0.4) is 0 Å². The average Bonchev–Trinajstić information content (AvgIpc) is 2.66. The van der Waals surface area contributed by atoms with Crippen LogP contribution in [0.15, 0.2) is 29.2 Å². The number of carbonyl (C=O) groups excluding carboxylic acids is 1. The third kappa shape index (κ3) is 1.60. The molecule has 0 saturated heterocycles. The van der Waals surface area contributed by atoms with Gasteiger partial charge in [0.15, 0.2) is 0 Å². The summed E-state index contributed by atoms with van der Waals surface area (Å²) in [6, 6.07) is 7.78. The van der Waals surface area contributed by atoms with E-state index in [1.165, 1.54) is 11.8 Å². The number of para-hydroxylation sites is 1. The van der Waals surface area contributed by atoms with Gasteiger partial charge in [-0.15, -0.1) is 11.8 Å². The summed E-state index contributed by atoms with van der Waals surface area (Å²) >= 11 is 1.53. The van der Waals surface area contributed by atoms with E-state index in [-0.39, 0.29) is 5.91 Å². The molecule has 1 heterocycles. The molecule has 0 atom stereocenters.